The van der Waals surface area contributed by atoms with Gasteiger partial charge < -0.3 is 9.30 Å². The average molecular weight is 370 g/mol. The van der Waals surface area contributed by atoms with Gasteiger partial charge >= 0.3 is 5.69 Å². The summed E-state index contributed by atoms with van der Waals surface area (Å²) in [6.45, 7) is 6.28. The number of ether oxygens (including phenoxy) is 1. The largest absolute Gasteiger partial charge is 0.380 e. The Kier molecular flexibility index (Phi) is 6.24. The number of aromatic nitrogens is 4. The van der Waals surface area contributed by atoms with Crippen molar-refractivity contribution in [1.29, 1.82) is 0 Å². The third-order valence-corrected chi connectivity index (χ3v) is 4.43. The molecule has 7 nitrogen and oxygen atoms in total. The van der Waals surface area contributed by atoms with Crippen LogP contribution in [0.2, 0.25) is 0 Å². The van der Waals surface area contributed by atoms with Gasteiger partial charge in [-0.15, -0.1) is 0 Å². The summed E-state index contributed by atoms with van der Waals surface area (Å²) in [5, 5.41) is 0. The summed E-state index contributed by atoms with van der Waals surface area (Å²) < 4.78 is 10.2. The Morgan fingerprint density at radius 1 is 0.963 bits per heavy atom. The van der Waals surface area contributed by atoms with Crippen molar-refractivity contribution in [3.8, 4) is 0 Å². The zero-order valence-corrected chi connectivity index (χ0v) is 15.9. The molecular weight excluding hydrogens is 344 g/mol. The third kappa shape index (κ3) is 4.03. The van der Waals surface area contributed by atoms with Gasteiger partial charge in [0, 0.05) is 19.7 Å². The van der Waals surface area contributed by atoms with Gasteiger partial charge in [-0.2, -0.15) is 0 Å². The fourth-order valence-corrected chi connectivity index (χ4v) is 3.16. The van der Waals surface area contributed by atoms with Crippen molar-refractivity contribution >= 4 is 11.2 Å². The fourth-order valence-electron chi connectivity index (χ4n) is 3.16. The van der Waals surface area contributed by atoms with E-state index in [2.05, 4.69) is 4.98 Å². The van der Waals surface area contributed by atoms with Crippen molar-refractivity contribution in [3.05, 3.63) is 63.1 Å². The maximum Gasteiger partial charge on any atom is 0.332 e. The van der Waals surface area contributed by atoms with Crippen molar-refractivity contribution in [2.24, 2.45) is 0 Å². The van der Waals surface area contributed by atoms with Crippen LogP contribution in [0.4, 0.5) is 0 Å². The molecule has 0 saturated heterocycles. The zero-order valence-electron chi connectivity index (χ0n) is 15.9. The first-order valence-electron chi connectivity index (χ1n) is 9.47. The Hall–Kier alpha value is -2.67. The number of aryl methyl sites for hydroxylation is 1. The van der Waals surface area contributed by atoms with Crippen LogP contribution in [0.3, 0.4) is 0 Å². The molecule has 3 rings (SSSR count). The number of nitrogens with zero attached hydrogens (tertiary/aromatic N) is 4. The molecule has 0 N–H and O–H groups in total. The standard InChI is InChI=1S/C20H26N4O3/c1-3-10-23-18-17(19(25)24(20(23)26)11-13-27-12-4-2)22(15-21-18)14-16-8-6-5-7-9-16/h5-9,15H,3-4,10-14H2,1-2H3. The van der Waals surface area contributed by atoms with E-state index < -0.39 is 0 Å². The molecule has 0 saturated carbocycles. The lowest BCUT2D eigenvalue weighted by molar-refractivity contribution is 0.125. The smallest absolute Gasteiger partial charge is 0.332 e. The van der Waals surface area contributed by atoms with E-state index in [0.717, 1.165) is 18.4 Å². The molecule has 0 unspecified atom stereocenters. The average Bonchev–Trinajstić information content (AvgIpc) is 3.09. The molecule has 0 aliphatic heterocycles. The quantitative estimate of drug-likeness (QED) is 0.542. The Morgan fingerprint density at radius 3 is 2.44 bits per heavy atom. The number of rotatable bonds is 9. The van der Waals surface area contributed by atoms with Gasteiger partial charge in [-0.05, 0) is 18.4 Å². The highest BCUT2D eigenvalue weighted by Gasteiger charge is 2.17. The maximum atomic E-state index is 13.1. The van der Waals surface area contributed by atoms with E-state index in [9.17, 15) is 9.59 Å². The van der Waals surface area contributed by atoms with Gasteiger partial charge in [0.2, 0.25) is 0 Å². The van der Waals surface area contributed by atoms with Crippen LogP contribution in [0.5, 0.6) is 0 Å². The van der Waals surface area contributed by atoms with Crippen molar-refractivity contribution < 1.29 is 4.74 Å². The minimum atomic E-state index is -0.320. The predicted octanol–water partition coefficient (Wildman–Crippen LogP) is 2.24. The highest BCUT2D eigenvalue weighted by Crippen LogP contribution is 2.10. The Bertz CT molecular complexity index is 1000. The summed E-state index contributed by atoms with van der Waals surface area (Å²) in [7, 11) is 0. The Labute approximate surface area is 157 Å². The third-order valence-electron chi connectivity index (χ3n) is 4.43. The summed E-state index contributed by atoms with van der Waals surface area (Å²) in [5.41, 5.74) is 1.36. The van der Waals surface area contributed by atoms with Crippen LogP contribution in [0.15, 0.2) is 46.2 Å². The van der Waals surface area contributed by atoms with Gasteiger partial charge in [0.15, 0.2) is 11.2 Å². The van der Waals surface area contributed by atoms with Gasteiger partial charge in [-0.25, -0.2) is 9.78 Å². The molecule has 0 radical (unpaired) electrons. The number of hydrogen-bond acceptors (Lipinski definition) is 4. The fraction of sp³-hybridized carbons (Fsp3) is 0.450. The highest BCUT2D eigenvalue weighted by atomic mass is 16.5. The van der Waals surface area contributed by atoms with E-state index in [1.54, 1.807) is 10.9 Å². The van der Waals surface area contributed by atoms with E-state index in [1.807, 2.05) is 48.7 Å². The van der Waals surface area contributed by atoms with E-state index in [1.165, 1.54) is 4.57 Å². The molecule has 27 heavy (non-hydrogen) atoms. The molecule has 0 aliphatic rings. The molecule has 0 amide bonds. The van der Waals surface area contributed by atoms with Crippen molar-refractivity contribution in [2.45, 2.75) is 46.3 Å². The molecular formula is C20H26N4O3. The SMILES string of the molecule is CCCOCCn1c(=O)c2c(ncn2Cc2ccccc2)n(CCC)c1=O. The monoisotopic (exact) mass is 370 g/mol. The molecule has 0 fully saturated rings. The summed E-state index contributed by atoms with van der Waals surface area (Å²) in [6.07, 6.45) is 3.32. The lowest BCUT2D eigenvalue weighted by Gasteiger charge is -2.12. The molecule has 0 atom stereocenters. The molecule has 1 aromatic carbocycles. The number of hydrogen-bond donors (Lipinski definition) is 0. The first-order valence-corrected chi connectivity index (χ1v) is 9.47. The van der Waals surface area contributed by atoms with Gasteiger partial charge in [-0.3, -0.25) is 13.9 Å². The van der Waals surface area contributed by atoms with Crippen LogP contribution >= 0.6 is 0 Å². The van der Waals surface area contributed by atoms with E-state index in [4.69, 9.17) is 4.74 Å². The van der Waals surface area contributed by atoms with E-state index in [-0.39, 0.29) is 17.8 Å². The minimum absolute atomic E-state index is 0.244. The lowest BCUT2D eigenvalue weighted by Crippen LogP contribution is -2.41. The Morgan fingerprint density at radius 2 is 1.74 bits per heavy atom. The summed E-state index contributed by atoms with van der Waals surface area (Å²) in [6, 6.07) is 9.89. The second-order valence-corrected chi connectivity index (χ2v) is 6.53. The first-order chi connectivity index (χ1) is 13.2. The number of imidazole rings is 1. The van der Waals surface area contributed by atoms with E-state index >= 15 is 0 Å². The van der Waals surface area contributed by atoms with Gasteiger partial charge in [-0.1, -0.05) is 44.2 Å². The molecule has 3 aromatic rings. The molecule has 2 aromatic heterocycles. The van der Waals surface area contributed by atoms with Crippen LogP contribution in [0.1, 0.15) is 32.3 Å². The maximum absolute atomic E-state index is 13.1. The van der Waals surface area contributed by atoms with Gasteiger partial charge in [0.1, 0.15) is 0 Å². The van der Waals surface area contributed by atoms with Crippen LogP contribution < -0.4 is 11.2 Å². The molecule has 144 valence electrons. The predicted molar refractivity (Wildman–Crippen MR) is 105 cm³/mol. The van der Waals surface area contributed by atoms with Crippen molar-refractivity contribution in [1.82, 2.24) is 18.7 Å². The number of fused-ring (bicyclic) bond motifs is 1. The van der Waals surface area contributed by atoms with Crippen LogP contribution in [-0.2, 0) is 24.4 Å². The lowest BCUT2D eigenvalue weighted by atomic mass is 10.2. The van der Waals surface area contributed by atoms with Gasteiger partial charge in [0.05, 0.1) is 19.5 Å². The summed E-state index contributed by atoms with van der Waals surface area (Å²) >= 11 is 0. The minimum Gasteiger partial charge on any atom is -0.380 e. The normalized spacial score (nSPS) is 11.3. The zero-order chi connectivity index (χ0) is 19.2. The molecule has 7 heteroatoms. The molecule has 0 spiro atoms. The van der Waals surface area contributed by atoms with Crippen LogP contribution in [-0.4, -0.2) is 31.9 Å². The van der Waals surface area contributed by atoms with Crippen molar-refractivity contribution in [3.63, 3.8) is 0 Å². The van der Waals surface area contributed by atoms with E-state index in [0.29, 0.717) is 37.5 Å². The van der Waals surface area contributed by atoms with Gasteiger partial charge in [0.25, 0.3) is 5.56 Å². The summed E-state index contributed by atoms with van der Waals surface area (Å²) in [5.74, 6) is 0. The molecule has 0 bridgehead atoms. The van der Waals surface area contributed by atoms with Crippen LogP contribution in [0.25, 0.3) is 11.2 Å². The topological polar surface area (TPSA) is 71.1 Å². The number of benzene rings is 1. The second kappa shape index (κ2) is 8.81. The van der Waals surface area contributed by atoms with Crippen molar-refractivity contribution in [2.75, 3.05) is 13.2 Å². The molecule has 2 heterocycles. The molecule has 0 aliphatic carbocycles. The second-order valence-electron chi connectivity index (χ2n) is 6.53. The Balaban J connectivity index is 2.07. The first kappa shape index (κ1) is 19.1. The summed E-state index contributed by atoms with van der Waals surface area (Å²) in [4.78, 5) is 30.3. The van der Waals surface area contributed by atoms with Crippen LogP contribution in [0, 0.1) is 0 Å². The highest BCUT2D eigenvalue weighted by molar-refractivity contribution is 5.70.